The van der Waals surface area contributed by atoms with Gasteiger partial charge in [-0.2, -0.15) is 0 Å². The molecule has 0 saturated carbocycles. The molecule has 2 aromatic carbocycles. The third-order valence-electron chi connectivity index (χ3n) is 3.46. The maximum atomic E-state index is 10.0. The summed E-state index contributed by atoms with van der Waals surface area (Å²) in [4.78, 5) is 0. The summed E-state index contributed by atoms with van der Waals surface area (Å²) in [5, 5.41) is 13.3. The van der Waals surface area contributed by atoms with Gasteiger partial charge in [-0.3, -0.25) is 0 Å². The van der Waals surface area contributed by atoms with E-state index in [4.69, 9.17) is 0 Å². The highest BCUT2D eigenvalue weighted by Gasteiger charge is 2.05. The Morgan fingerprint density at radius 1 is 1.00 bits per heavy atom. The molecule has 0 aliphatic heterocycles. The summed E-state index contributed by atoms with van der Waals surface area (Å²) in [5.41, 5.74) is 3.65. The van der Waals surface area contributed by atoms with Crippen LogP contribution in [-0.4, -0.2) is 18.2 Å². The molecule has 0 radical (unpaired) electrons. The van der Waals surface area contributed by atoms with Crippen LogP contribution in [0.2, 0.25) is 0 Å². The van der Waals surface area contributed by atoms with Crippen molar-refractivity contribution in [3.8, 4) is 0 Å². The van der Waals surface area contributed by atoms with Crippen molar-refractivity contribution in [2.45, 2.75) is 25.9 Å². The Bertz CT molecular complexity index is 493. The molecule has 2 N–H and O–H groups in total. The number of aliphatic hydroxyl groups excluding tert-OH is 1. The average Bonchev–Trinajstić information content (AvgIpc) is 2.49. The lowest BCUT2D eigenvalue weighted by Crippen LogP contribution is -2.22. The van der Waals surface area contributed by atoms with E-state index in [-0.39, 0.29) is 0 Å². The van der Waals surface area contributed by atoms with Crippen molar-refractivity contribution < 1.29 is 5.11 Å². The predicted octanol–water partition coefficient (Wildman–Crippen LogP) is 3.25. The number of hydrogen-bond acceptors (Lipinski definition) is 2. The minimum Gasteiger partial charge on any atom is -0.387 e. The maximum Gasteiger partial charge on any atom is 0.0914 e. The number of aryl methyl sites for hydroxylation is 2. The standard InChI is InChI=1S/C18H23NO/c1-15-9-11-16(12-10-15)6-5-13-19-14-18(20)17-7-3-2-4-8-17/h2-4,7-12,18-20H,5-6,13-14H2,1H3/t18-/m0/s1. The summed E-state index contributed by atoms with van der Waals surface area (Å²) in [5.74, 6) is 0. The van der Waals surface area contributed by atoms with Gasteiger partial charge in [-0.25, -0.2) is 0 Å². The van der Waals surface area contributed by atoms with Crippen LogP contribution in [0.3, 0.4) is 0 Å². The molecule has 0 aliphatic carbocycles. The number of aliphatic hydroxyl groups is 1. The van der Waals surface area contributed by atoms with Crippen molar-refractivity contribution >= 4 is 0 Å². The van der Waals surface area contributed by atoms with Crippen molar-refractivity contribution in [3.05, 3.63) is 71.3 Å². The van der Waals surface area contributed by atoms with Crippen molar-refractivity contribution in [3.63, 3.8) is 0 Å². The maximum absolute atomic E-state index is 10.0. The Hall–Kier alpha value is -1.64. The molecule has 2 heteroatoms. The van der Waals surface area contributed by atoms with Crippen molar-refractivity contribution in [1.29, 1.82) is 0 Å². The van der Waals surface area contributed by atoms with Crippen LogP contribution in [0.25, 0.3) is 0 Å². The highest BCUT2D eigenvalue weighted by Crippen LogP contribution is 2.10. The van der Waals surface area contributed by atoms with Gasteiger partial charge in [0.15, 0.2) is 0 Å². The van der Waals surface area contributed by atoms with Gasteiger partial charge in [0.05, 0.1) is 6.10 Å². The second kappa shape index (κ2) is 7.83. The van der Waals surface area contributed by atoms with Crippen LogP contribution >= 0.6 is 0 Å². The monoisotopic (exact) mass is 269 g/mol. The fraction of sp³-hybridized carbons (Fsp3) is 0.333. The zero-order chi connectivity index (χ0) is 14.2. The van der Waals surface area contributed by atoms with Gasteiger partial charge in [-0.05, 0) is 37.4 Å². The number of benzene rings is 2. The summed E-state index contributed by atoms with van der Waals surface area (Å²) < 4.78 is 0. The highest BCUT2D eigenvalue weighted by molar-refractivity contribution is 5.21. The number of rotatable bonds is 7. The summed E-state index contributed by atoms with van der Waals surface area (Å²) in [6.07, 6.45) is 1.75. The Labute approximate surface area is 121 Å². The summed E-state index contributed by atoms with van der Waals surface area (Å²) in [6.45, 7) is 3.64. The fourth-order valence-corrected chi connectivity index (χ4v) is 2.20. The molecule has 2 rings (SSSR count). The fourth-order valence-electron chi connectivity index (χ4n) is 2.20. The Morgan fingerprint density at radius 3 is 2.40 bits per heavy atom. The molecule has 0 aliphatic rings. The van der Waals surface area contributed by atoms with Crippen LogP contribution in [0.4, 0.5) is 0 Å². The Kier molecular flexibility index (Phi) is 5.78. The van der Waals surface area contributed by atoms with E-state index in [9.17, 15) is 5.11 Å². The van der Waals surface area contributed by atoms with E-state index in [0.717, 1.165) is 24.9 Å². The second-order valence-electron chi connectivity index (χ2n) is 5.22. The van der Waals surface area contributed by atoms with Crippen LogP contribution in [0.15, 0.2) is 54.6 Å². The molecular formula is C18H23NO. The minimum absolute atomic E-state index is 0.421. The van der Waals surface area contributed by atoms with Gasteiger partial charge in [-0.1, -0.05) is 60.2 Å². The Morgan fingerprint density at radius 2 is 1.70 bits per heavy atom. The molecule has 0 unspecified atom stereocenters. The van der Waals surface area contributed by atoms with Gasteiger partial charge in [0.1, 0.15) is 0 Å². The van der Waals surface area contributed by atoms with Crippen molar-refractivity contribution in [2.75, 3.05) is 13.1 Å². The predicted molar refractivity (Wildman–Crippen MR) is 83.8 cm³/mol. The number of hydrogen-bond donors (Lipinski definition) is 2. The van der Waals surface area contributed by atoms with Crippen LogP contribution in [-0.2, 0) is 6.42 Å². The summed E-state index contributed by atoms with van der Waals surface area (Å²) >= 11 is 0. The van der Waals surface area contributed by atoms with Gasteiger partial charge < -0.3 is 10.4 Å². The van der Waals surface area contributed by atoms with Gasteiger partial charge in [-0.15, -0.1) is 0 Å². The summed E-state index contributed by atoms with van der Waals surface area (Å²) in [7, 11) is 0. The van der Waals surface area contributed by atoms with Crippen molar-refractivity contribution in [2.24, 2.45) is 0 Å². The average molecular weight is 269 g/mol. The van der Waals surface area contributed by atoms with E-state index in [2.05, 4.69) is 36.5 Å². The molecular weight excluding hydrogens is 246 g/mol. The van der Waals surface area contributed by atoms with E-state index in [1.165, 1.54) is 11.1 Å². The molecule has 0 amide bonds. The first kappa shape index (κ1) is 14.8. The van der Waals surface area contributed by atoms with E-state index in [0.29, 0.717) is 6.54 Å². The molecule has 2 nitrogen and oxygen atoms in total. The lowest BCUT2D eigenvalue weighted by molar-refractivity contribution is 0.175. The quantitative estimate of drug-likeness (QED) is 0.756. The first-order valence-corrected chi connectivity index (χ1v) is 7.25. The zero-order valence-electron chi connectivity index (χ0n) is 12.0. The lowest BCUT2D eigenvalue weighted by Gasteiger charge is -2.12. The van der Waals surface area contributed by atoms with Crippen molar-refractivity contribution in [1.82, 2.24) is 5.32 Å². The van der Waals surface area contributed by atoms with Crippen LogP contribution in [0.5, 0.6) is 0 Å². The van der Waals surface area contributed by atoms with Crippen LogP contribution in [0, 0.1) is 6.92 Å². The molecule has 2 aromatic rings. The molecule has 0 bridgehead atoms. The molecule has 1 atom stereocenters. The third-order valence-corrected chi connectivity index (χ3v) is 3.46. The summed E-state index contributed by atoms with van der Waals surface area (Å²) in [6, 6.07) is 18.5. The lowest BCUT2D eigenvalue weighted by atomic mass is 10.1. The molecule has 0 spiro atoms. The highest BCUT2D eigenvalue weighted by atomic mass is 16.3. The largest absolute Gasteiger partial charge is 0.387 e. The molecule has 0 heterocycles. The van der Waals surface area contributed by atoms with E-state index in [1.54, 1.807) is 0 Å². The first-order chi connectivity index (χ1) is 9.75. The normalized spacial score (nSPS) is 12.3. The molecule has 0 saturated heterocycles. The number of nitrogens with one attached hydrogen (secondary N) is 1. The molecule has 0 aromatic heterocycles. The Balaban J connectivity index is 1.63. The molecule has 0 fully saturated rings. The minimum atomic E-state index is -0.421. The van der Waals surface area contributed by atoms with E-state index in [1.807, 2.05) is 30.3 Å². The molecule has 106 valence electrons. The second-order valence-corrected chi connectivity index (χ2v) is 5.22. The van der Waals surface area contributed by atoms with Crippen LogP contribution < -0.4 is 5.32 Å². The van der Waals surface area contributed by atoms with Gasteiger partial charge >= 0.3 is 0 Å². The smallest absolute Gasteiger partial charge is 0.0914 e. The third kappa shape index (κ3) is 4.80. The zero-order valence-corrected chi connectivity index (χ0v) is 12.0. The van der Waals surface area contributed by atoms with Crippen LogP contribution in [0.1, 0.15) is 29.2 Å². The van der Waals surface area contributed by atoms with E-state index >= 15 is 0 Å². The first-order valence-electron chi connectivity index (χ1n) is 7.25. The van der Waals surface area contributed by atoms with E-state index < -0.39 is 6.10 Å². The van der Waals surface area contributed by atoms with Gasteiger partial charge in [0, 0.05) is 6.54 Å². The molecule has 20 heavy (non-hydrogen) atoms. The topological polar surface area (TPSA) is 32.3 Å². The SMILES string of the molecule is Cc1ccc(CCCNC[C@H](O)c2ccccc2)cc1. The van der Waals surface area contributed by atoms with Gasteiger partial charge in [0.25, 0.3) is 0 Å². The van der Waals surface area contributed by atoms with Gasteiger partial charge in [0.2, 0.25) is 0 Å².